The summed E-state index contributed by atoms with van der Waals surface area (Å²) in [6.07, 6.45) is 2.36. The van der Waals surface area contributed by atoms with Gasteiger partial charge in [0.05, 0.1) is 10.6 Å². The van der Waals surface area contributed by atoms with Crippen molar-refractivity contribution in [1.29, 1.82) is 0 Å². The third-order valence-corrected chi connectivity index (χ3v) is 8.50. The number of hydrogen-bond donors (Lipinski definition) is 1. The van der Waals surface area contributed by atoms with Crippen molar-refractivity contribution in [2.45, 2.75) is 64.4 Å². The third kappa shape index (κ3) is 7.69. The number of carbonyl (C=O) groups is 2. The molecule has 3 rings (SSSR count). The molecule has 3 aromatic rings. The van der Waals surface area contributed by atoms with Crippen molar-refractivity contribution in [1.82, 2.24) is 10.2 Å². The van der Waals surface area contributed by atoms with Gasteiger partial charge in [-0.05, 0) is 56.0 Å². The van der Waals surface area contributed by atoms with Gasteiger partial charge in [0.25, 0.3) is 10.0 Å². The number of benzene rings is 3. The number of unbranched alkanes of at least 4 members (excludes halogenated alkanes) is 1. The number of nitrogens with zero attached hydrogens (tertiary/aromatic N) is 2. The Kier molecular flexibility index (Phi) is 10.7. The number of nitrogens with one attached hydrogen (secondary N) is 1. The summed E-state index contributed by atoms with van der Waals surface area (Å²) < 4.78 is 29.1. The summed E-state index contributed by atoms with van der Waals surface area (Å²) in [5.74, 6) is -0.729. The molecule has 0 aliphatic heterocycles. The van der Waals surface area contributed by atoms with Crippen LogP contribution >= 0.6 is 0 Å². The van der Waals surface area contributed by atoms with Crippen molar-refractivity contribution in [3.05, 3.63) is 95.6 Å². The van der Waals surface area contributed by atoms with Gasteiger partial charge in [0, 0.05) is 13.1 Å². The molecule has 3 aromatic carbocycles. The molecule has 1 unspecified atom stereocenters. The summed E-state index contributed by atoms with van der Waals surface area (Å²) >= 11 is 0. The van der Waals surface area contributed by atoms with Crippen LogP contribution in [0.3, 0.4) is 0 Å². The van der Waals surface area contributed by atoms with E-state index in [0.717, 1.165) is 29.5 Å². The fraction of sp³-hybridized carbons (Fsp3) is 0.355. The van der Waals surface area contributed by atoms with Gasteiger partial charge in [0.2, 0.25) is 11.8 Å². The fourth-order valence-electron chi connectivity index (χ4n) is 4.30. The Labute approximate surface area is 232 Å². The van der Waals surface area contributed by atoms with Gasteiger partial charge in [0.1, 0.15) is 12.6 Å². The van der Waals surface area contributed by atoms with E-state index in [1.165, 1.54) is 9.21 Å². The van der Waals surface area contributed by atoms with Crippen LogP contribution in [0.4, 0.5) is 5.69 Å². The first-order valence-corrected chi connectivity index (χ1v) is 14.9. The molecule has 0 heterocycles. The van der Waals surface area contributed by atoms with Crippen molar-refractivity contribution in [3.63, 3.8) is 0 Å². The Hall–Kier alpha value is -3.65. The molecule has 0 spiro atoms. The summed E-state index contributed by atoms with van der Waals surface area (Å²) in [5.41, 5.74) is 3.04. The van der Waals surface area contributed by atoms with Crippen molar-refractivity contribution in [3.8, 4) is 0 Å². The first kappa shape index (κ1) is 29.9. The van der Waals surface area contributed by atoms with Crippen molar-refractivity contribution < 1.29 is 18.0 Å². The molecule has 0 saturated heterocycles. The number of carbonyl (C=O) groups excluding carboxylic acids is 2. The number of para-hydroxylation sites is 1. The number of amides is 2. The van der Waals surface area contributed by atoms with Crippen LogP contribution < -0.4 is 9.62 Å². The fourth-order valence-corrected chi connectivity index (χ4v) is 5.75. The zero-order valence-electron chi connectivity index (χ0n) is 23.3. The highest BCUT2D eigenvalue weighted by molar-refractivity contribution is 7.92. The van der Waals surface area contributed by atoms with Crippen LogP contribution in [0.15, 0.2) is 83.8 Å². The monoisotopic (exact) mass is 549 g/mol. The van der Waals surface area contributed by atoms with Crippen molar-refractivity contribution >= 4 is 27.5 Å². The van der Waals surface area contributed by atoms with E-state index in [1.807, 2.05) is 63.2 Å². The highest BCUT2D eigenvalue weighted by atomic mass is 32.2. The summed E-state index contributed by atoms with van der Waals surface area (Å²) in [7, 11) is -4.08. The molecule has 0 radical (unpaired) electrons. The minimum absolute atomic E-state index is 0.103. The lowest BCUT2D eigenvalue weighted by atomic mass is 10.1. The van der Waals surface area contributed by atoms with E-state index >= 15 is 0 Å². The average Bonchev–Trinajstić information content (AvgIpc) is 2.95. The van der Waals surface area contributed by atoms with E-state index in [2.05, 4.69) is 5.32 Å². The van der Waals surface area contributed by atoms with Crippen LogP contribution in [0.2, 0.25) is 0 Å². The maximum absolute atomic E-state index is 14.0. The van der Waals surface area contributed by atoms with Gasteiger partial charge in [-0.1, -0.05) is 86.5 Å². The number of anilines is 1. The first-order chi connectivity index (χ1) is 18.7. The maximum Gasteiger partial charge on any atom is 0.264 e. The minimum Gasteiger partial charge on any atom is -0.354 e. The maximum atomic E-state index is 14.0. The van der Waals surface area contributed by atoms with Crippen LogP contribution in [-0.4, -0.2) is 44.3 Å². The molecule has 8 heteroatoms. The Morgan fingerprint density at radius 3 is 2.18 bits per heavy atom. The highest BCUT2D eigenvalue weighted by Gasteiger charge is 2.33. The largest absolute Gasteiger partial charge is 0.354 e. The van der Waals surface area contributed by atoms with Gasteiger partial charge in [-0.2, -0.15) is 0 Å². The quantitative estimate of drug-likeness (QED) is 0.301. The van der Waals surface area contributed by atoms with E-state index in [9.17, 15) is 18.0 Å². The van der Waals surface area contributed by atoms with Crippen molar-refractivity contribution in [2.24, 2.45) is 0 Å². The second-order valence-corrected chi connectivity index (χ2v) is 11.5. The molecule has 39 heavy (non-hydrogen) atoms. The average molecular weight is 550 g/mol. The Morgan fingerprint density at radius 2 is 1.54 bits per heavy atom. The topological polar surface area (TPSA) is 86.8 Å². The van der Waals surface area contributed by atoms with Crippen LogP contribution in [0.5, 0.6) is 0 Å². The van der Waals surface area contributed by atoms with Gasteiger partial charge < -0.3 is 10.2 Å². The van der Waals surface area contributed by atoms with Gasteiger partial charge in [-0.25, -0.2) is 8.42 Å². The lowest BCUT2D eigenvalue weighted by molar-refractivity contribution is -0.139. The highest BCUT2D eigenvalue weighted by Crippen LogP contribution is 2.28. The number of sulfonamides is 1. The summed E-state index contributed by atoms with van der Waals surface area (Å²) in [5, 5.41) is 2.90. The molecule has 1 atom stereocenters. The second kappa shape index (κ2) is 13.9. The Morgan fingerprint density at radius 1 is 0.897 bits per heavy atom. The van der Waals surface area contributed by atoms with Crippen LogP contribution in [0, 0.1) is 6.92 Å². The SMILES string of the molecule is CCCCNC(=O)C(C)N(Cc1ccccc1)C(=O)CN(c1ccccc1CC)S(=O)(=O)c1ccc(C)cc1. The summed E-state index contributed by atoms with van der Waals surface area (Å²) in [6.45, 7) is 7.81. The molecule has 2 amide bonds. The van der Waals surface area contributed by atoms with E-state index in [4.69, 9.17) is 0 Å². The molecule has 208 valence electrons. The lowest BCUT2D eigenvalue weighted by Gasteiger charge is -2.32. The predicted octanol–water partition coefficient (Wildman–Crippen LogP) is 5.09. The molecule has 0 aliphatic carbocycles. The lowest BCUT2D eigenvalue weighted by Crippen LogP contribution is -2.51. The zero-order chi connectivity index (χ0) is 28.4. The van der Waals surface area contributed by atoms with E-state index in [0.29, 0.717) is 18.7 Å². The Balaban J connectivity index is 2.02. The van der Waals surface area contributed by atoms with Crippen LogP contribution in [0.1, 0.15) is 50.3 Å². The molecule has 0 saturated carbocycles. The Bertz CT molecular complexity index is 1340. The van der Waals surface area contributed by atoms with Crippen molar-refractivity contribution in [2.75, 3.05) is 17.4 Å². The summed E-state index contributed by atoms with van der Waals surface area (Å²) in [6, 6.07) is 22.4. The smallest absolute Gasteiger partial charge is 0.264 e. The molecule has 0 aromatic heterocycles. The van der Waals surface area contributed by atoms with Gasteiger partial charge >= 0.3 is 0 Å². The van der Waals surface area contributed by atoms with Crippen LogP contribution in [0.25, 0.3) is 0 Å². The molecular weight excluding hydrogens is 510 g/mol. The normalized spacial score (nSPS) is 12.0. The molecule has 7 nitrogen and oxygen atoms in total. The number of hydrogen-bond acceptors (Lipinski definition) is 4. The molecule has 0 aliphatic rings. The number of rotatable bonds is 13. The van der Waals surface area contributed by atoms with Crippen LogP contribution in [-0.2, 0) is 32.6 Å². The van der Waals surface area contributed by atoms with Gasteiger partial charge in [-0.15, -0.1) is 0 Å². The summed E-state index contributed by atoms with van der Waals surface area (Å²) in [4.78, 5) is 28.6. The minimum atomic E-state index is -4.08. The predicted molar refractivity (Wildman–Crippen MR) is 156 cm³/mol. The second-order valence-electron chi connectivity index (χ2n) is 9.63. The molecule has 0 bridgehead atoms. The molecular formula is C31H39N3O4S. The standard InChI is InChI=1S/C31H39N3O4S/c1-5-7-21-32-31(36)25(4)33(22-26-13-9-8-10-14-26)30(35)23-34(29-16-12-11-15-27(29)6-2)39(37,38)28-19-17-24(3)18-20-28/h8-20,25H,5-7,21-23H2,1-4H3,(H,32,36). The van der Waals surface area contributed by atoms with Gasteiger partial charge in [0.15, 0.2) is 0 Å². The van der Waals surface area contributed by atoms with Gasteiger partial charge in [-0.3, -0.25) is 13.9 Å². The van der Waals surface area contributed by atoms with E-state index in [1.54, 1.807) is 43.3 Å². The molecule has 1 N–H and O–H groups in total. The number of aryl methyl sites for hydroxylation is 2. The first-order valence-electron chi connectivity index (χ1n) is 13.5. The van der Waals surface area contributed by atoms with E-state index < -0.39 is 28.5 Å². The molecule has 0 fully saturated rings. The third-order valence-electron chi connectivity index (χ3n) is 6.72. The zero-order valence-corrected chi connectivity index (χ0v) is 24.1. The van der Waals surface area contributed by atoms with E-state index in [-0.39, 0.29) is 17.3 Å².